The van der Waals surface area contributed by atoms with E-state index >= 15 is 0 Å². The first-order chi connectivity index (χ1) is 11.2. The number of nitrogens with zero attached hydrogens (tertiary/aromatic N) is 3. The van der Waals surface area contributed by atoms with Crippen molar-refractivity contribution in [1.82, 2.24) is 20.4 Å². The molecule has 0 radical (unpaired) electrons. The van der Waals surface area contributed by atoms with Gasteiger partial charge in [0.1, 0.15) is 5.75 Å². The van der Waals surface area contributed by atoms with Crippen LogP contribution in [-0.2, 0) is 6.42 Å². The fourth-order valence-corrected chi connectivity index (χ4v) is 2.79. The Hall–Kier alpha value is -2.57. The second kappa shape index (κ2) is 6.68. The summed E-state index contributed by atoms with van der Waals surface area (Å²) >= 11 is 0. The fourth-order valence-electron chi connectivity index (χ4n) is 2.79. The molecule has 1 fully saturated rings. The van der Waals surface area contributed by atoms with Gasteiger partial charge in [-0.15, -0.1) is 0 Å². The topological polar surface area (TPSA) is 80.5 Å². The molecule has 2 aromatic rings. The maximum absolute atomic E-state index is 11.6. The van der Waals surface area contributed by atoms with E-state index in [1.54, 1.807) is 14.2 Å². The second-order valence-electron chi connectivity index (χ2n) is 5.60. The number of rotatable bonds is 4. The number of hydrogen-bond donors (Lipinski definition) is 1. The summed E-state index contributed by atoms with van der Waals surface area (Å²) in [4.78, 5) is 17.9. The molecule has 1 aromatic heterocycles. The third-order valence-electron chi connectivity index (χ3n) is 4.06. The molecule has 2 heterocycles. The molecule has 3 rings (SSSR count). The lowest BCUT2D eigenvalue weighted by Crippen LogP contribution is -2.36. The molecule has 0 saturated carbocycles. The Bertz CT molecular complexity index is 668. The van der Waals surface area contributed by atoms with Crippen molar-refractivity contribution in [2.75, 3.05) is 27.2 Å². The van der Waals surface area contributed by atoms with Gasteiger partial charge < -0.3 is 19.5 Å². The summed E-state index contributed by atoms with van der Waals surface area (Å²) in [5, 5.41) is 6.71. The molecule has 2 amide bonds. The largest absolute Gasteiger partial charge is 0.497 e. The standard InChI is InChI=1S/C16H20N4O3/c1-17-16(21)20-8-7-11(10-20)9-14-18-15(23-19-14)12-3-5-13(22-2)6-4-12/h3-6,11H,7-10H2,1-2H3,(H,17,21). The maximum atomic E-state index is 11.6. The molecule has 7 nitrogen and oxygen atoms in total. The Morgan fingerprint density at radius 1 is 1.43 bits per heavy atom. The number of methoxy groups -OCH3 is 1. The van der Waals surface area contributed by atoms with Gasteiger partial charge in [-0.2, -0.15) is 4.98 Å². The molecule has 1 aliphatic heterocycles. The molecule has 1 N–H and O–H groups in total. The zero-order chi connectivity index (χ0) is 16.2. The highest BCUT2D eigenvalue weighted by Gasteiger charge is 2.27. The quantitative estimate of drug-likeness (QED) is 0.932. The van der Waals surface area contributed by atoms with Gasteiger partial charge in [0.15, 0.2) is 5.82 Å². The minimum atomic E-state index is -0.0282. The second-order valence-corrected chi connectivity index (χ2v) is 5.60. The van der Waals surface area contributed by atoms with Crippen molar-refractivity contribution in [2.24, 2.45) is 5.92 Å². The van der Waals surface area contributed by atoms with Crippen molar-refractivity contribution in [2.45, 2.75) is 12.8 Å². The first kappa shape index (κ1) is 15.3. The number of ether oxygens (including phenoxy) is 1. The molecular formula is C16H20N4O3. The summed E-state index contributed by atoms with van der Waals surface area (Å²) in [6.45, 7) is 1.50. The Kier molecular flexibility index (Phi) is 4.45. The van der Waals surface area contributed by atoms with Crippen molar-refractivity contribution in [3.63, 3.8) is 0 Å². The van der Waals surface area contributed by atoms with Gasteiger partial charge in [-0.25, -0.2) is 4.79 Å². The molecule has 0 bridgehead atoms. The van der Waals surface area contributed by atoms with Gasteiger partial charge >= 0.3 is 6.03 Å². The zero-order valence-corrected chi connectivity index (χ0v) is 13.3. The lowest BCUT2D eigenvalue weighted by Gasteiger charge is -2.14. The number of aromatic nitrogens is 2. The molecule has 1 aliphatic rings. The lowest BCUT2D eigenvalue weighted by atomic mass is 10.1. The molecule has 7 heteroatoms. The summed E-state index contributed by atoms with van der Waals surface area (Å²) in [6.07, 6.45) is 1.67. The average Bonchev–Trinajstić information content (AvgIpc) is 3.24. The van der Waals surface area contributed by atoms with E-state index in [1.807, 2.05) is 29.2 Å². The van der Waals surface area contributed by atoms with E-state index in [0.29, 0.717) is 24.1 Å². The highest BCUT2D eigenvalue weighted by molar-refractivity contribution is 5.74. The Morgan fingerprint density at radius 3 is 2.91 bits per heavy atom. The van der Waals surface area contributed by atoms with E-state index in [2.05, 4.69) is 15.5 Å². The molecule has 23 heavy (non-hydrogen) atoms. The molecule has 1 atom stereocenters. The third-order valence-corrected chi connectivity index (χ3v) is 4.06. The summed E-state index contributed by atoms with van der Waals surface area (Å²) < 4.78 is 10.5. The minimum Gasteiger partial charge on any atom is -0.497 e. The molecule has 1 unspecified atom stereocenters. The van der Waals surface area contributed by atoms with Crippen LogP contribution in [0.15, 0.2) is 28.8 Å². The van der Waals surface area contributed by atoms with E-state index in [0.717, 1.165) is 30.8 Å². The predicted octanol–water partition coefficient (Wildman–Crippen LogP) is 1.95. The first-order valence-corrected chi connectivity index (χ1v) is 7.63. The van der Waals surface area contributed by atoms with Crippen LogP contribution in [0.2, 0.25) is 0 Å². The summed E-state index contributed by atoms with van der Waals surface area (Å²) in [7, 11) is 3.28. The van der Waals surface area contributed by atoms with Crippen LogP contribution in [0.25, 0.3) is 11.5 Å². The van der Waals surface area contributed by atoms with Crippen molar-refractivity contribution in [3.8, 4) is 17.2 Å². The van der Waals surface area contributed by atoms with E-state index in [1.165, 1.54) is 0 Å². The van der Waals surface area contributed by atoms with E-state index in [9.17, 15) is 4.79 Å². The number of carbonyl (C=O) groups is 1. The van der Waals surface area contributed by atoms with Crippen molar-refractivity contribution in [3.05, 3.63) is 30.1 Å². The third kappa shape index (κ3) is 3.44. The predicted molar refractivity (Wildman–Crippen MR) is 84.1 cm³/mol. The van der Waals surface area contributed by atoms with Crippen molar-refractivity contribution < 1.29 is 14.1 Å². The van der Waals surface area contributed by atoms with Gasteiger partial charge in [0.25, 0.3) is 5.89 Å². The zero-order valence-electron chi connectivity index (χ0n) is 13.3. The van der Waals surface area contributed by atoms with Crippen LogP contribution in [0, 0.1) is 5.92 Å². The number of hydrogen-bond acceptors (Lipinski definition) is 5. The summed E-state index contributed by atoms with van der Waals surface area (Å²) in [5.74, 6) is 2.34. The minimum absolute atomic E-state index is 0.0282. The molecule has 1 aromatic carbocycles. The van der Waals surface area contributed by atoms with Crippen LogP contribution >= 0.6 is 0 Å². The van der Waals surface area contributed by atoms with Crippen molar-refractivity contribution >= 4 is 6.03 Å². The number of benzene rings is 1. The molecule has 0 spiro atoms. The highest BCUT2D eigenvalue weighted by atomic mass is 16.5. The van der Waals surface area contributed by atoms with Crippen LogP contribution < -0.4 is 10.1 Å². The summed E-state index contributed by atoms with van der Waals surface area (Å²) in [5.41, 5.74) is 0.864. The van der Waals surface area contributed by atoms with Crippen molar-refractivity contribution in [1.29, 1.82) is 0 Å². The van der Waals surface area contributed by atoms with E-state index in [4.69, 9.17) is 9.26 Å². The summed E-state index contributed by atoms with van der Waals surface area (Å²) in [6, 6.07) is 7.46. The number of urea groups is 1. The van der Waals surface area contributed by atoms with Gasteiger partial charge in [-0.3, -0.25) is 0 Å². The van der Waals surface area contributed by atoms with Crippen LogP contribution in [0.5, 0.6) is 5.75 Å². The van der Waals surface area contributed by atoms with Gasteiger partial charge in [0.2, 0.25) is 0 Å². The Labute approximate surface area is 134 Å². The monoisotopic (exact) mass is 316 g/mol. The highest BCUT2D eigenvalue weighted by Crippen LogP contribution is 2.23. The van der Waals surface area contributed by atoms with Gasteiger partial charge in [-0.05, 0) is 36.6 Å². The first-order valence-electron chi connectivity index (χ1n) is 7.63. The normalized spacial score (nSPS) is 17.3. The van der Waals surface area contributed by atoms with Crippen LogP contribution in [0.4, 0.5) is 4.79 Å². The Balaban J connectivity index is 1.62. The SMILES string of the molecule is CNC(=O)N1CCC(Cc2noc(-c3ccc(OC)cc3)n2)C1. The molecule has 122 valence electrons. The van der Waals surface area contributed by atoms with Crippen LogP contribution in [-0.4, -0.2) is 48.3 Å². The smallest absolute Gasteiger partial charge is 0.317 e. The average molecular weight is 316 g/mol. The van der Waals surface area contributed by atoms with E-state index in [-0.39, 0.29) is 6.03 Å². The van der Waals surface area contributed by atoms with Gasteiger partial charge in [0.05, 0.1) is 7.11 Å². The number of likely N-dealkylation sites (tertiary alicyclic amines) is 1. The lowest BCUT2D eigenvalue weighted by molar-refractivity contribution is 0.209. The number of nitrogens with one attached hydrogen (secondary N) is 1. The molecular weight excluding hydrogens is 296 g/mol. The molecule has 0 aliphatic carbocycles. The van der Waals surface area contributed by atoms with Gasteiger partial charge in [0, 0.05) is 32.1 Å². The van der Waals surface area contributed by atoms with Crippen LogP contribution in [0.3, 0.4) is 0 Å². The molecule has 1 saturated heterocycles. The van der Waals surface area contributed by atoms with Crippen LogP contribution in [0.1, 0.15) is 12.2 Å². The number of carbonyl (C=O) groups excluding carboxylic acids is 1. The fraction of sp³-hybridized carbons (Fsp3) is 0.438. The Morgan fingerprint density at radius 2 is 2.22 bits per heavy atom. The number of amides is 2. The van der Waals surface area contributed by atoms with Gasteiger partial charge in [-0.1, -0.05) is 5.16 Å². The maximum Gasteiger partial charge on any atom is 0.317 e. The van der Waals surface area contributed by atoms with E-state index < -0.39 is 0 Å².